The molecule has 0 fully saturated rings. The fourth-order valence-electron chi connectivity index (χ4n) is 0.933. The number of halogens is 4. The van der Waals surface area contributed by atoms with Crippen LogP contribution in [-0.2, 0) is 0 Å². The van der Waals surface area contributed by atoms with Gasteiger partial charge in [0.2, 0.25) is 0 Å². The molecule has 2 atom stereocenters. The van der Waals surface area contributed by atoms with Crippen LogP contribution in [-0.4, -0.2) is 19.9 Å². The molecule has 0 N–H and O–H groups in total. The molecule has 0 aromatic rings. The number of alkyl halides is 4. The minimum absolute atomic E-state index is 0.0557. The van der Waals surface area contributed by atoms with Gasteiger partial charge < -0.3 is 0 Å². The largest absolute Gasteiger partial charge is 0.122 e. The van der Waals surface area contributed by atoms with Crippen molar-refractivity contribution in [1.29, 1.82) is 0 Å². The summed E-state index contributed by atoms with van der Waals surface area (Å²) in [7, 11) is 0. The fraction of sp³-hybridized carbons (Fsp3) is 0.800. The Labute approximate surface area is 114 Å². The van der Waals surface area contributed by atoms with E-state index in [4.69, 9.17) is 23.2 Å². The lowest BCUT2D eigenvalue weighted by atomic mass is 9.98. The molecule has 0 aromatic carbocycles. The average molecular weight is 367 g/mol. The SMILES string of the molecule is C=CC(Cl)(CBr)CCC(Cl)C(C)(C)Br. The van der Waals surface area contributed by atoms with Crippen LogP contribution in [0.15, 0.2) is 12.7 Å². The molecule has 84 valence electrons. The van der Waals surface area contributed by atoms with Gasteiger partial charge in [0, 0.05) is 15.0 Å². The maximum absolute atomic E-state index is 6.26. The summed E-state index contributed by atoms with van der Waals surface area (Å²) < 4.78 is -0.0557. The monoisotopic (exact) mass is 364 g/mol. The van der Waals surface area contributed by atoms with Gasteiger partial charge in [-0.05, 0) is 26.7 Å². The molecule has 0 nitrogen and oxygen atoms in total. The highest BCUT2D eigenvalue weighted by atomic mass is 79.9. The first-order chi connectivity index (χ1) is 6.25. The minimum atomic E-state index is -0.370. The third-order valence-electron chi connectivity index (χ3n) is 2.15. The third kappa shape index (κ3) is 5.39. The van der Waals surface area contributed by atoms with Gasteiger partial charge in [0.1, 0.15) is 0 Å². The van der Waals surface area contributed by atoms with Crippen LogP contribution in [0.5, 0.6) is 0 Å². The predicted molar refractivity (Wildman–Crippen MR) is 74.5 cm³/mol. The zero-order chi connectivity index (χ0) is 11.4. The van der Waals surface area contributed by atoms with Gasteiger partial charge in [0.05, 0.1) is 4.87 Å². The van der Waals surface area contributed by atoms with E-state index in [9.17, 15) is 0 Å². The number of allylic oxidation sites excluding steroid dienone is 1. The summed E-state index contributed by atoms with van der Waals surface area (Å²) in [5.41, 5.74) is 0. The zero-order valence-corrected chi connectivity index (χ0v) is 13.2. The highest BCUT2D eigenvalue weighted by Crippen LogP contribution is 2.33. The van der Waals surface area contributed by atoms with Gasteiger partial charge in [0.25, 0.3) is 0 Å². The van der Waals surface area contributed by atoms with Crippen LogP contribution in [0, 0.1) is 0 Å². The van der Waals surface area contributed by atoms with Crippen molar-refractivity contribution in [2.24, 2.45) is 0 Å². The highest BCUT2D eigenvalue weighted by molar-refractivity contribution is 9.10. The smallest absolute Gasteiger partial charge is 0.0720 e. The normalized spacial score (nSPS) is 18.7. The van der Waals surface area contributed by atoms with Gasteiger partial charge in [-0.25, -0.2) is 0 Å². The maximum atomic E-state index is 6.26. The van der Waals surface area contributed by atoms with Crippen LogP contribution < -0.4 is 0 Å². The molecule has 0 amide bonds. The van der Waals surface area contributed by atoms with Gasteiger partial charge in [-0.3, -0.25) is 0 Å². The Morgan fingerprint density at radius 2 is 2.00 bits per heavy atom. The van der Waals surface area contributed by atoms with Crippen molar-refractivity contribution in [1.82, 2.24) is 0 Å². The topological polar surface area (TPSA) is 0 Å². The van der Waals surface area contributed by atoms with E-state index in [-0.39, 0.29) is 14.6 Å². The summed E-state index contributed by atoms with van der Waals surface area (Å²) >= 11 is 19.4. The molecule has 0 rings (SSSR count). The van der Waals surface area contributed by atoms with Gasteiger partial charge >= 0.3 is 0 Å². The molecular formula is C10H16Br2Cl2. The van der Waals surface area contributed by atoms with E-state index in [0.29, 0.717) is 5.33 Å². The second-order valence-electron chi connectivity index (χ2n) is 3.94. The predicted octanol–water partition coefficient (Wildman–Crippen LogP) is 5.11. The molecule has 14 heavy (non-hydrogen) atoms. The van der Waals surface area contributed by atoms with Gasteiger partial charge in [0.15, 0.2) is 0 Å². The quantitative estimate of drug-likeness (QED) is 0.453. The lowest BCUT2D eigenvalue weighted by Crippen LogP contribution is -2.28. The maximum Gasteiger partial charge on any atom is 0.0720 e. The summed E-state index contributed by atoms with van der Waals surface area (Å²) in [4.78, 5) is -0.370. The van der Waals surface area contributed by atoms with Crippen LogP contribution in [0.2, 0.25) is 0 Å². The third-order valence-corrected chi connectivity index (χ3v) is 5.53. The number of hydrogen-bond acceptors (Lipinski definition) is 0. The summed E-state index contributed by atoms with van der Waals surface area (Å²) in [6.45, 7) is 7.84. The summed E-state index contributed by atoms with van der Waals surface area (Å²) in [6.07, 6.45) is 3.46. The van der Waals surface area contributed by atoms with Crippen LogP contribution in [0.3, 0.4) is 0 Å². The molecule has 0 aromatic heterocycles. The zero-order valence-electron chi connectivity index (χ0n) is 8.49. The summed E-state index contributed by atoms with van der Waals surface area (Å²) in [6, 6.07) is 0. The first kappa shape index (κ1) is 15.3. The molecule has 0 spiro atoms. The van der Waals surface area contributed by atoms with E-state index < -0.39 is 0 Å². The van der Waals surface area contributed by atoms with Crippen molar-refractivity contribution >= 4 is 55.1 Å². The molecule has 0 saturated carbocycles. The van der Waals surface area contributed by atoms with Crippen molar-refractivity contribution in [2.45, 2.75) is 41.3 Å². The van der Waals surface area contributed by atoms with E-state index in [1.165, 1.54) is 0 Å². The van der Waals surface area contributed by atoms with E-state index in [0.717, 1.165) is 12.8 Å². The molecule has 4 heteroatoms. The second-order valence-corrected chi connectivity index (χ2v) is 7.83. The average Bonchev–Trinajstić information content (AvgIpc) is 2.12. The van der Waals surface area contributed by atoms with Crippen molar-refractivity contribution in [3.63, 3.8) is 0 Å². The Kier molecular flexibility index (Phi) is 6.68. The summed E-state index contributed by atoms with van der Waals surface area (Å²) in [5, 5.41) is 0.775. The minimum Gasteiger partial charge on any atom is -0.122 e. The highest BCUT2D eigenvalue weighted by Gasteiger charge is 2.28. The Balaban J connectivity index is 4.11. The lowest BCUT2D eigenvalue weighted by Gasteiger charge is -2.27. The number of rotatable bonds is 6. The first-order valence-corrected chi connectivity index (χ1v) is 7.19. The van der Waals surface area contributed by atoms with Crippen molar-refractivity contribution in [3.8, 4) is 0 Å². The van der Waals surface area contributed by atoms with E-state index in [2.05, 4.69) is 52.3 Å². The molecule has 0 aliphatic heterocycles. The van der Waals surface area contributed by atoms with Gasteiger partial charge in [-0.15, -0.1) is 29.8 Å². The summed E-state index contributed by atoms with van der Waals surface area (Å²) in [5.74, 6) is 0. The molecule has 0 heterocycles. The fourth-order valence-corrected chi connectivity index (χ4v) is 1.89. The molecule has 0 radical (unpaired) electrons. The van der Waals surface area contributed by atoms with Crippen molar-refractivity contribution < 1.29 is 0 Å². The molecule has 0 saturated heterocycles. The van der Waals surface area contributed by atoms with Crippen LogP contribution in [0.4, 0.5) is 0 Å². The van der Waals surface area contributed by atoms with Crippen molar-refractivity contribution in [2.75, 3.05) is 5.33 Å². The Morgan fingerprint density at radius 1 is 1.50 bits per heavy atom. The van der Waals surface area contributed by atoms with Gasteiger partial charge in [-0.1, -0.05) is 37.9 Å². The Hall–Kier alpha value is 1.28. The lowest BCUT2D eigenvalue weighted by molar-refractivity contribution is 0.563. The first-order valence-electron chi connectivity index (χ1n) is 4.46. The molecule has 0 aliphatic carbocycles. The Bertz CT molecular complexity index is 189. The van der Waals surface area contributed by atoms with E-state index in [1.54, 1.807) is 6.08 Å². The van der Waals surface area contributed by atoms with E-state index >= 15 is 0 Å². The number of hydrogen-bond donors (Lipinski definition) is 0. The van der Waals surface area contributed by atoms with Crippen LogP contribution in [0.25, 0.3) is 0 Å². The van der Waals surface area contributed by atoms with Gasteiger partial charge in [-0.2, -0.15) is 0 Å². The Morgan fingerprint density at radius 3 is 2.29 bits per heavy atom. The van der Waals surface area contributed by atoms with Crippen LogP contribution >= 0.6 is 55.1 Å². The van der Waals surface area contributed by atoms with E-state index in [1.807, 2.05) is 0 Å². The molecular weight excluding hydrogens is 351 g/mol. The molecule has 0 aliphatic rings. The second kappa shape index (κ2) is 6.12. The molecule has 2 unspecified atom stereocenters. The molecule has 0 bridgehead atoms. The van der Waals surface area contributed by atoms with Crippen LogP contribution in [0.1, 0.15) is 26.7 Å². The standard InChI is InChI=1S/C10H16Br2Cl2/c1-4-10(14,7-11)6-5-8(13)9(2,3)12/h4,8H,1,5-7H2,2-3H3. The van der Waals surface area contributed by atoms with Crippen molar-refractivity contribution in [3.05, 3.63) is 12.7 Å².